The Labute approximate surface area is 154 Å². The number of nitrogens with one attached hydrogen (secondary N) is 1. The number of para-hydroxylation sites is 1. The molecule has 5 nitrogen and oxygen atoms in total. The zero-order chi connectivity index (χ0) is 18.6. The van der Waals surface area contributed by atoms with Crippen molar-refractivity contribution in [2.75, 3.05) is 6.26 Å². The molecule has 0 unspecified atom stereocenters. The van der Waals surface area contributed by atoms with E-state index in [1.165, 1.54) is 19.3 Å². The van der Waals surface area contributed by atoms with Crippen LogP contribution in [-0.4, -0.2) is 26.7 Å². The summed E-state index contributed by atoms with van der Waals surface area (Å²) in [7, 11) is -3.58. The first-order valence-electron chi connectivity index (χ1n) is 8.80. The molecule has 0 aliphatic heterocycles. The normalized spacial score (nSPS) is 15.4. The maximum absolute atomic E-state index is 11.9. The first kappa shape index (κ1) is 18.5. The smallest absolute Gasteiger partial charge is 0.264 e. The Kier molecular flexibility index (Phi) is 5.61. The van der Waals surface area contributed by atoms with Gasteiger partial charge in [-0.3, -0.25) is 4.79 Å². The Balaban J connectivity index is 1.80. The van der Waals surface area contributed by atoms with Crippen molar-refractivity contribution in [2.45, 2.75) is 38.2 Å². The molecular formula is C20H23NO4S. The van der Waals surface area contributed by atoms with Crippen LogP contribution in [0.1, 0.15) is 42.5 Å². The maximum atomic E-state index is 11.9. The molecule has 0 saturated heterocycles. The Hall–Kier alpha value is -2.34. The molecule has 0 spiro atoms. The second-order valence-corrected chi connectivity index (χ2v) is 8.40. The quantitative estimate of drug-likeness (QED) is 0.866. The standard InChI is InChI=1S/C20H23NO4S/c1-26(23,24)21-20(22)16-13-11-15(12-14-16)18-9-5-6-10-19(18)25-17-7-3-2-4-8-17/h5-6,9-14,17H,2-4,7-8H2,1H3,(H,21,22). The molecule has 0 bridgehead atoms. The summed E-state index contributed by atoms with van der Waals surface area (Å²) in [5.74, 6) is 0.207. The van der Waals surface area contributed by atoms with Gasteiger partial charge in [0.25, 0.3) is 5.91 Å². The highest BCUT2D eigenvalue weighted by Crippen LogP contribution is 2.32. The first-order valence-corrected chi connectivity index (χ1v) is 10.7. The average molecular weight is 373 g/mol. The van der Waals surface area contributed by atoms with Gasteiger partial charge < -0.3 is 4.74 Å². The van der Waals surface area contributed by atoms with Crippen LogP contribution in [0.2, 0.25) is 0 Å². The molecular weight excluding hydrogens is 350 g/mol. The van der Waals surface area contributed by atoms with Gasteiger partial charge in [0.15, 0.2) is 0 Å². The van der Waals surface area contributed by atoms with Gasteiger partial charge in [-0.05, 0) is 49.4 Å². The van der Waals surface area contributed by atoms with Crippen LogP contribution < -0.4 is 9.46 Å². The second-order valence-electron chi connectivity index (χ2n) is 6.65. The predicted octanol–water partition coefficient (Wildman–Crippen LogP) is 3.75. The summed E-state index contributed by atoms with van der Waals surface area (Å²) >= 11 is 0. The van der Waals surface area contributed by atoms with Crippen molar-refractivity contribution in [1.82, 2.24) is 4.72 Å². The van der Waals surface area contributed by atoms with E-state index in [0.717, 1.165) is 36.0 Å². The molecule has 0 radical (unpaired) electrons. The van der Waals surface area contributed by atoms with Crippen molar-refractivity contribution in [3.63, 3.8) is 0 Å². The van der Waals surface area contributed by atoms with Crippen molar-refractivity contribution in [2.24, 2.45) is 0 Å². The van der Waals surface area contributed by atoms with Crippen LogP contribution in [0, 0.1) is 0 Å². The van der Waals surface area contributed by atoms with Crippen LogP contribution in [0.4, 0.5) is 0 Å². The molecule has 26 heavy (non-hydrogen) atoms. The largest absolute Gasteiger partial charge is 0.490 e. The maximum Gasteiger partial charge on any atom is 0.264 e. The third-order valence-electron chi connectivity index (χ3n) is 4.47. The number of sulfonamides is 1. The van der Waals surface area contributed by atoms with Gasteiger partial charge in [0.05, 0.1) is 12.4 Å². The third kappa shape index (κ3) is 4.85. The van der Waals surface area contributed by atoms with Gasteiger partial charge in [0.1, 0.15) is 5.75 Å². The molecule has 1 amide bonds. The number of amides is 1. The van der Waals surface area contributed by atoms with E-state index < -0.39 is 15.9 Å². The van der Waals surface area contributed by atoms with E-state index in [1.807, 2.05) is 29.0 Å². The number of hydrogen-bond acceptors (Lipinski definition) is 4. The monoisotopic (exact) mass is 373 g/mol. The SMILES string of the molecule is CS(=O)(=O)NC(=O)c1ccc(-c2ccccc2OC2CCCCC2)cc1. The summed E-state index contributed by atoms with van der Waals surface area (Å²) in [6, 6.07) is 14.7. The summed E-state index contributed by atoms with van der Waals surface area (Å²) < 4.78 is 30.6. The Bertz CT molecular complexity index is 869. The molecule has 2 aromatic rings. The van der Waals surface area contributed by atoms with E-state index >= 15 is 0 Å². The van der Waals surface area contributed by atoms with Gasteiger partial charge in [-0.2, -0.15) is 0 Å². The van der Waals surface area contributed by atoms with E-state index in [2.05, 4.69) is 0 Å². The minimum Gasteiger partial charge on any atom is -0.490 e. The van der Waals surface area contributed by atoms with E-state index in [-0.39, 0.29) is 6.10 Å². The predicted molar refractivity (Wildman–Crippen MR) is 102 cm³/mol. The average Bonchev–Trinajstić information content (AvgIpc) is 2.62. The molecule has 1 aliphatic carbocycles. The van der Waals surface area contributed by atoms with E-state index in [4.69, 9.17) is 4.74 Å². The number of carbonyl (C=O) groups is 1. The van der Waals surface area contributed by atoms with Crippen molar-refractivity contribution in [1.29, 1.82) is 0 Å². The fourth-order valence-electron chi connectivity index (χ4n) is 3.20. The molecule has 1 fully saturated rings. The van der Waals surface area contributed by atoms with Crippen LogP contribution in [0.15, 0.2) is 48.5 Å². The molecule has 2 aromatic carbocycles. The lowest BCUT2D eigenvalue weighted by Crippen LogP contribution is -2.29. The number of ether oxygens (including phenoxy) is 1. The summed E-state index contributed by atoms with van der Waals surface area (Å²) in [4.78, 5) is 11.9. The highest BCUT2D eigenvalue weighted by atomic mass is 32.2. The molecule has 1 aliphatic rings. The van der Waals surface area contributed by atoms with E-state index in [0.29, 0.717) is 5.56 Å². The molecule has 6 heteroatoms. The van der Waals surface area contributed by atoms with Crippen LogP contribution in [0.5, 0.6) is 5.75 Å². The lowest BCUT2D eigenvalue weighted by atomic mass is 9.97. The van der Waals surface area contributed by atoms with Crippen LogP contribution >= 0.6 is 0 Å². The molecule has 1 saturated carbocycles. The Morgan fingerprint density at radius 2 is 1.65 bits per heavy atom. The fraction of sp³-hybridized carbons (Fsp3) is 0.350. The van der Waals surface area contributed by atoms with E-state index in [1.54, 1.807) is 24.3 Å². The van der Waals surface area contributed by atoms with Crippen LogP contribution in [-0.2, 0) is 10.0 Å². The van der Waals surface area contributed by atoms with E-state index in [9.17, 15) is 13.2 Å². The molecule has 3 rings (SSSR count). The third-order valence-corrected chi connectivity index (χ3v) is 5.03. The van der Waals surface area contributed by atoms with Gasteiger partial charge in [-0.25, -0.2) is 13.1 Å². The lowest BCUT2D eigenvalue weighted by molar-refractivity contribution is 0.0981. The molecule has 1 N–H and O–H groups in total. The Morgan fingerprint density at radius 1 is 1.00 bits per heavy atom. The number of benzene rings is 2. The molecule has 0 aromatic heterocycles. The first-order chi connectivity index (χ1) is 12.4. The van der Waals surface area contributed by atoms with Gasteiger partial charge in [0.2, 0.25) is 10.0 Å². The van der Waals surface area contributed by atoms with Crippen LogP contribution in [0.3, 0.4) is 0 Å². The van der Waals surface area contributed by atoms with Gasteiger partial charge >= 0.3 is 0 Å². The summed E-state index contributed by atoms with van der Waals surface area (Å²) in [6.07, 6.45) is 7.06. The molecule has 0 heterocycles. The highest BCUT2D eigenvalue weighted by molar-refractivity contribution is 7.89. The molecule has 0 atom stereocenters. The van der Waals surface area contributed by atoms with Gasteiger partial charge in [0, 0.05) is 11.1 Å². The molecule has 138 valence electrons. The zero-order valence-corrected chi connectivity index (χ0v) is 15.6. The van der Waals surface area contributed by atoms with Crippen molar-refractivity contribution in [3.8, 4) is 16.9 Å². The second kappa shape index (κ2) is 7.91. The highest BCUT2D eigenvalue weighted by Gasteiger charge is 2.17. The fourth-order valence-corrected chi connectivity index (χ4v) is 3.65. The van der Waals surface area contributed by atoms with Crippen LogP contribution in [0.25, 0.3) is 11.1 Å². The topological polar surface area (TPSA) is 72.5 Å². The van der Waals surface area contributed by atoms with Crippen molar-refractivity contribution in [3.05, 3.63) is 54.1 Å². The summed E-state index contributed by atoms with van der Waals surface area (Å²) in [5.41, 5.74) is 2.19. The zero-order valence-electron chi connectivity index (χ0n) is 14.8. The summed E-state index contributed by atoms with van der Waals surface area (Å²) in [6.45, 7) is 0. The number of rotatable bonds is 5. The van der Waals surface area contributed by atoms with Crippen molar-refractivity contribution < 1.29 is 17.9 Å². The van der Waals surface area contributed by atoms with Gasteiger partial charge in [-0.15, -0.1) is 0 Å². The minimum absolute atomic E-state index is 0.254. The lowest BCUT2D eigenvalue weighted by Gasteiger charge is -2.24. The Morgan fingerprint density at radius 3 is 2.31 bits per heavy atom. The van der Waals surface area contributed by atoms with Gasteiger partial charge in [-0.1, -0.05) is 36.8 Å². The van der Waals surface area contributed by atoms with Crippen molar-refractivity contribution >= 4 is 15.9 Å². The number of hydrogen-bond donors (Lipinski definition) is 1. The number of carbonyl (C=O) groups excluding carboxylic acids is 1. The summed E-state index contributed by atoms with van der Waals surface area (Å²) in [5, 5.41) is 0. The minimum atomic E-state index is -3.58.